The van der Waals surface area contributed by atoms with Crippen molar-refractivity contribution >= 4 is 48.6 Å². The summed E-state index contributed by atoms with van der Waals surface area (Å²) in [6.45, 7) is 1.78. The SMILES string of the molecule is [B]=C1C(C=[Si](C)c2ccccc2)=C(c2c(F)c(F)c(F)c(F)c2F)c2c1ccc(-c1c(F)c(F)c(F)c(F)c1F)c2-c1cccc2ccccc12. The van der Waals surface area contributed by atoms with Crippen molar-refractivity contribution in [3.05, 3.63) is 165 Å². The fourth-order valence-corrected chi connectivity index (χ4v) is 8.13. The number of benzene rings is 6. The van der Waals surface area contributed by atoms with E-state index in [0.29, 0.717) is 10.8 Å². The van der Waals surface area contributed by atoms with Gasteiger partial charge in [-0.05, 0) is 0 Å². The Hall–Kier alpha value is -5.36. The molecule has 0 bridgehead atoms. The van der Waals surface area contributed by atoms with E-state index in [-0.39, 0.29) is 33.3 Å². The summed E-state index contributed by atoms with van der Waals surface area (Å²) in [4.78, 5) is 0. The molecule has 0 aromatic heterocycles. The monoisotopic (exact) mass is 715 g/mol. The molecule has 0 amide bonds. The Labute approximate surface area is 286 Å². The number of rotatable bonds is 5. The fourth-order valence-electron chi connectivity index (χ4n) is 6.51. The van der Waals surface area contributed by atoms with E-state index in [1.807, 2.05) is 0 Å². The second-order valence-electron chi connectivity index (χ2n) is 11.7. The molecular weight excluding hydrogens is 697 g/mol. The van der Waals surface area contributed by atoms with E-state index >= 15 is 17.6 Å². The summed E-state index contributed by atoms with van der Waals surface area (Å²) in [6, 6.07) is 22.0. The van der Waals surface area contributed by atoms with E-state index in [1.165, 1.54) is 17.8 Å². The van der Waals surface area contributed by atoms with Crippen LogP contribution in [0.25, 0.3) is 38.6 Å². The van der Waals surface area contributed by atoms with Crippen LogP contribution in [-0.2, 0) is 0 Å². The van der Waals surface area contributed by atoms with E-state index < -0.39 is 88.8 Å². The minimum atomic E-state index is -2.43. The summed E-state index contributed by atoms with van der Waals surface area (Å²) in [6.07, 6.45) is 0. The van der Waals surface area contributed by atoms with Crippen molar-refractivity contribution in [3.63, 3.8) is 0 Å². The molecule has 1 aliphatic carbocycles. The molecule has 0 saturated carbocycles. The van der Waals surface area contributed by atoms with Gasteiger partial charge < -0.3 is 0 Å². The van der Waals surface area contributed by atoms with Gasteiger partial charge in [0.2, 0.25) is 0 Å². The predicted octanol–water partition coefficient (Wildman–Crippen LogP) is 9.48. The average Bonchev–Trinajstić information content (AvgIpc) is 3.41. The van der Waals surface area contributed by atoms with Crippen LogP contribution in [0.4, 0.5) is 43.9 Å². The Morgan fingerprint density at radius 3 is 1.55 bits per heavy atom. The van der Waals surface area contributed by atoms with Crippen molar-refractivity contribution in [2.24, 2.45) is 0 Å². The second-order valence-corrected chi connectivity index (χ2v) is 14.0. The summed E-state index contributed by atoms with van der Waals surface area (Å²) in [7, 11) is 4.80. The Bertz CT molecular complexity index is 2500. The first-order valence-electron chi connectivity index (χ1n) is 15.1. The summed E-state index contributed by atoms with van der Waals surface area (Å²) in [5.41, 5.74) is -3.46. The van der Waals surface area contributed by atoms with Crippen LogP contribution in [-0.4, -0.2) is 27.0 Å². The van der Waals surface area contributed by atoms with Crippen LogP contribution in [0.1, 0.15) is 16.7 Å². The molecule has 1 aliphatic rings. The molecule has 0 saturated heterocycles. The van der Waals surface area contributed by atoms with Crippen molar-refractivity contribution in [2.45, 2.75) is 6.55 Å². The number of hydrogen-bond donors (Lipinski definition) is 0. The number of halogens is 10. The third-order valence-electron chi connectivity index (χ3n) is 8.89. The molecular formula is C39H18BF10Si. The normalized spacial score (nSPS) is 13.1. The number of allylic oxidation sites excluding steroid dienone is 1. The second kappa shape index (κ2) is 12.8. The van der Waals surface area contributed by atoms with Gasteiger partial charge in [-0.1, -0.05) is 0 Å². The van der Waals surface area contributed by atoms with Gasteiger partial charge in [-0.2, -0.15) is 0 Å². The van der Waals surface area contributed by atoms with E-state index in [1.54, 1.807) is 67.2 Å². The average molecular weight is 715 g/mol. The molecule has 0 fully saturated rings. The number of hydrogen-bond acceptors (Lipinski definition) is 0. The number of fused-ring (bicyclic) bond motifs is 2. The van der Waals surface area contributed by atoms with Crippen molar-refractivity contribution in [1.29, 1.82) is 0 Å². The Morgan fingerprint density at radius 1 is 0.451 bits per heavy atom. The molecule has 0 N–H and O–H groups in total. The van der Waals surface area contributed by atoms with Crippen LogP contribution in [0.15, 0.2) is 90.5 Å². The molecule has 6 aromatic carbocycles. The summed E-state index contributed by atoms with van der Waals surface area (Å²) in [5, 5.41) is 1.66. The van der Waals surface area contributed by atoms with E-state index in [0.717, 1.165) is 17.3 Å². The first kappa shape index (κ1) is 34.1. The first-order chi connectivity index (χ1) is 24.3. The van der Waals surface area contributed by atoms with Crippen LogP contribution < -0.4 is 5.19 Å². The maximum absolute atomic E-state index is 15.9. The molecule has 7 rings (SSSR count). The molecule has 12 heteroatoms. The van der Waals surface area contributed by atoms with Gasteiger partial charge in [-0.3, -0.25) is 0 Å². The molecule has 0 heterocycles. The molecule has 1 radical (unpaired) electrons. The van der Waals surface area contributed by atoms with Crippen molar-refractivity contribution in [3.8, 4) is 22.3 Å². The van der Waals surface area contributed by atoms with Gasteiger partial charge in [0.05, 0.1) is 0 Å². The standard InChI is InChI=1S/C39H18BF10Si/c1-51(18-10-3-2-4-11-18)16-23-26(28-32(43)36(47)39(50)37(48)33(28)44)25-22(29(23)40)15-14-21(27-30(41)34(45)38(49)35(46)31(27)42)24(25)20-13-7-9-17-8-5-6-12-19(17)20/h2-16H,1H3. The maximum atomic E-state index is 15.9. The van der Waals surface area contributed by atoms with Gasteiger partial charge in [0.15, 0.2) is 0 Å². The van der Waals surface area contributed by atoms with Crippen LogP contribution in [0.5, 0.6) is 0 Å². The van der Waals surface area contributed by atoms with Crippen LogP contribution in [0.3, 0.4) is 0 Å². The predicted molar refractivity (Wildman–Crippen MR) is 180 cm³/mol. The zero-order chi connectivity index (χ0) is 36.5. The molecule has 251 valence electrons. The summed E-state index contributed by atoms with van der Waals surface area (Å²) < 4.78 is 151. The van der Waals surface area contributed by atoms with Gasteiger partial charge >= 0.3 is 287 Å². The Morgan fingerprint density at radius 2 is 0.941 bits per heavy atom. The fraction of sp³-hybridized carbons (Fsp3) is 0.0256. The first-order valence-corrected chi connectivity index (χ1v) is 17.2. The molecule has 6 aromatic rings. The molecule has 0 atom stereocenters. The Kier molecular flexibility index (Phi) is 8.53. The zero-order valence-electron chi connectivity index (χ0n) is 26.0. The quantitative estimate of drug-likeness (QED) is 0.0723. The molecule has 0 aliphatic heterocycles. The molecule has 0 nitrogen and oxygen atoms in total. The minimum absolute atomic E-state index is 0.0430. The van der Waals surface area contributed by atoms with Crippen LogP contribution in [0.2, 0.25) is 6.55 Å². The molecule has 51 heavy (non-hydrogen) atoms. The summed E-state index contributed by atoms with van der Waals surface area (Å²) >= 11 is 0. The van der Waals surface area contributed by atoms with Crippen molar-refractivity contribution < 1.29 is 43.9 Å². The zero-order valence-corrected chi connectivity index (χ0v) is 27.0. The van der Waals surface area contributed by atoms with Gasteiger partial charge in [0.25, 0.3) is 0 Å². The van der Waals surface area contributed by atoms with Crippen molar-refractivity contribution in [1.82, 2.24) is 0 Å². The van der Waals surface area contributed by atoms with Gasteiger partial charge in [0.1, 0.15) is 0 Å². The molecule has 0 spiro atoms. The van der Waals surface area contributed by atoms with Crippen LogP contribution in [0, 0.1) is 58.2 Å². The Balaban J connectivity index is 1.73. The third-order valence-corrected chi connectivity index (χ3v) is 10.9. The third kappa shape index (κ3) is 5.22. The topological polar surface area (TPSA) is 0 Å². The van der Waals surface area contributed by atoms with Gasteiger partial charge in [0, 0.05) is 0 Å². The van der Waals surface area contributed by atoms with Gasteiger partial charge in [-0.15, -0.1) is 0 Å². The van der Waals surface area contributed by atoms with Crippen molar-refractivity contribution in [2.75, 3.05) is 0 Å². The van der Waals surface area contributed by atoms with E-state index in [2.05, 4.69) is 0 Å². The summed E-state index contributed by atoms with van der Waals surface area (Å²) in [5.74, 6) is -22.8. The van der Waals surface area contributed by atoms with E-state index in [9.17, 15) is 26.3 Å². The molecule has 0 unspecified atom stereocenters. The van der Waals surface area contributed by atoms with E-state index in [4.69, 9.17) is 7.49 Å². The van der Waals surface area contributed by atoms with Crippen LogP contribution >= 0.6 is 0 Å². The van der Waals surface area contributed by atoms with Gasteiger partial charge in [-0.25, -0.2) is 0 Å².